The first-order valence-corrected chi connectivity index (χ1v) is 11.7. The van der Waals surface area contributed by atoms with Gasteiger partial charge in [-0.15, -0.1) is 10.2 Å². The first-order valence-electron chi connectivity index (χ1n) is 9.31. The third-order valence-electron chi connectivity index (χ3n) is 4.58. The van der Waals surface area contributed by atoms with Gasteiger partial charge in [-0.2, -0.15) is 13.2 Å². The van der Waals surface area contributed by atoms with E-state index in [1.165, 1.54) is 36.6 Å². The van der Waals surface area contributed by atoms with Crippen LogP contribution < -0.4 is 10.1 Å². The molecule has 1 heterocycles. The summed E-state index contributed by atoms with van der Waals surface area (Å²) in [6.07, 6.45) is -3.65. The number of halogens is 4. The molecule has 1 aromatic heterocycles. The number of hydrogen-bond acceptors (Lipinski definition) is 6. The Balaban J connectivity index is 2.11. The molecule has 1 atom stereocenters. The molecule has 7 nitrogen and oxygen atoms in total. The summed E-state index contributed by atoms with van der Waals surface area (Å²) in [5.74, 6) is -1.31. The van der Waals surface area contributed by atoms with Crippen LogP contribution in [0.4, 0.5) is 18.9 Å². The molecule has 1 unspecified atom stereocenters. The van der Waals surface area contributed by atoms with E-state index in [1.807, 2.05) is 0 Å². The Morgan fingerprint density at radius 2 is 1.82 bits per heavy atom. The standard InChI is InChI=1S/C21H18ClF3N4O3S/c1-11-6-4-9-15(22)17(11)32-20-16(12(2)18(28-29-20)21(23,24)25)19(30)27-13-7-5-8-14(10-13)33(3,26)31/h4-10,26H,1-3H3,(H,27,30). The molecule has 0 aliphatic heterocycles. The molecule has 0 aliphatic carbocycles. The number of para-hydroxylation sites is 1. The average molecular weight is 499 g/mol. The van der Waals surface area contributed by atoms with Crippen molar-refractivity contribution in [3.05, 3.63) is 69.9 Å². The summed E-state index contributed by atoms with van der Waals surface area (Å²) in [7, 11) is -3.08. The van der Waals surface area contributed by atoms with E-state index in [0.717, 1.165) is 6.92 Å². The maximum absolute atomic E-state index is 13.4. The van der Waals surface area contributed by atoms with Crippen LogP contribution in [0.5, 0.6) is 11.6 Å². The Morgan fingerprint density at radius 3 is 2.42 bits per heavy atom. The predicted octanol–water partition coefficient (Wildman–Crippen LogP) is 5.85. The van der Waals surface area contributed by atoms with Gasteiger partial charge in [-0.05, 0) is 49.2 Å². The van der Waals surface area contributed by atoms with Gasteiger partial charge in [0.2, 0.25) is 0 Å². The molecule has 0 fully saturated rings. The Hall–Kier alpha value is -3.18. The van der Waals surface area contributed by atoms with Crippen molar-refractivity contribution in [2.24, 2.45) is 0 Å². The van der Waals surface area contributed by atoms with Gasteiger partial charge in [0.15, 0.2) is 11.4 Å². The van der Waals surface area contributed by atoms with Crippen molar-refractivity contribution >= 4 is 32.9 Å². The number of hydrogen-bond donors (Lipinski definition) is 2. The van der Waals surface area contributed by atoms with Gasteiger partial charge in [-0.1, -0.05) is 29.8 Å². The molecule has 3 aromatic rings. The summed E-state index contributed by atoms with van der Waals surface area (Å²) in [6, 6.07) is 10.5. The van der Waals surface area contributed by atoms with Crippen molar-refractivity contribution in [1.29, 1.82) is 4.78 Å². The fourth-order valence-corrected chi connectivity index (χ4v) is 3.91. The molecule has 0 saturated heterocycles. The zero-order valence-corrected chi connectivity index (χ0v) is 19.2. The lowest BCUT2D eigenvalue weighted by atomic mass is 10.1. The lowest BCUT2D eigenvalue weighted by Gasteiger charge is -2.17. The number of nitrogens with one attached hydrogen (secondary N) is 2. The van der Waals surface area contributed by atoms with Gasteiger partial charge < -0.3 is 10.1 Å². The van der Waals surface area contributed by atoms with E-state index in [9.17, 15) is 22.2 Å². The van der Waals surface area contributed by atoms with Crippen molar-refractivity contribution in [2.75, 3.05) is 11.6 Å². The third kappa shape index (κ3) is 5.42. The summed E-state index contributed by atoms with van der Waals surface area (Å²) in [6.45, 7) is 2.75. The normalized spacial score (nSPS) is 13.3. The largest absolute Gasteiger partial charge is 0.435 e. The number of rotatable bonds is 5. The lowest BCUT2D eigenvalue weighted by Crippen LogP contribution is -2.21. The second kappa shape index (κ2) is 8.99. The number of ether oxygens (including phenoxy) is 1. The highest BCUT2D eigenvalue weighted by molar-refractivity contribution is 7.91. The minimum Gasteiger partial charge on any atom is -0.435 e. The summed E-state index contributed by atoms with van der Waals surface area (Å²) < 4.78 is 65.7. The maximum atomic E-state index is 13.4. The Labute approximate surface area is 192 Å². The number of carbonyl (C=O) groups excluding carboxylic acids is 1. The molecule has 0 saturated carbocycles. The number of nitrogens with zero attached hydrogens (tertiary/aromatic N) is 2. The van der Waals surface area contributed by atoms with Crippen LogP contribution in [0, 0.1) is 18.6 Å². The number of anilines is 1. The molecule has 0 radical (unpaired) electrons. The van der Waals surface area contributed by atoms with E-state index in [2.05, 4.69) is 15.5 Å². The van der Waals surface area contributed by atoms with E-state index in [0.29, 0.717) is 5.56 Å². The first-order chi connectivity index (χ1) is 15.3. The molecule has 174 valence electrons. The summed E-state index contributed by atoms with van der Waals surface area (Å²) in [5, 5.41) is 9.35. The molecule has 2 aromatic carbocycles. The first kappa shape index (κ1) is 24.5. The number of carbonyl (C=O) groups is 1. The summed E-state index contributed by atoms with van der Waals surface area (Å²) >= 11 is 6.15. The topological polar surface area (TPSA) is 105 Å². The number of aromatic nitrogens is 2. The lowest BCUT2D eigenvalue weighted by molar-refractivity contribution is -0.142. The summed E-state index contributed by atoms with van der Waals surface area (Å²) in [4.78, 5) is 13.2. The molecule has 2 N–H and O–H groups in total. The predicted molar refractivity (Wildman–Crippen MR) is 117 cm³/mol. The van der Waals surface area contributed by atoms with Gasteiger partial charge in [0.1, 0.15) is 5.56 Å². The van der Waals surface area contributed by atoms with Crippen LogP contribution >= 0.6 is 11.6 Å². The van der Waals surface area contributed by atoms with Crippen molar-refractivity contribution in [3.8, 4) is 11.6 Å². The number of amides is 1. The molecule has 0 bridgehead atoms. The van der Waals surface area contributed by atoms with Crippen LogP contribution in [0.15, 0.2) is 47.4 Å². The van der Waals surface area contributed by atoms with Crippen LogP contribution in [-0.2, 0) is 15.9 Å². The number of benzene rings is 2. The third-order valence-corrected chi connectivity index (χ3v) is 6.04. The van der Waals surface area contributed by atoms with Gasteiger partial charge >= 0.3 is 6.18 Å². The second-order valence-corrected chi connectivity index (χ2v) is 9.73. The van der Waals surface area contributed by atoms with E-state index < -0.39 is 44.5 Å². The fourth-order valence-electron chi connectivity index (χ4n) is 2.96. The highest BCUT2D eigenvalue weighted by Gasteiger charge is 2.38. The summed E-state index contributed by atoms with van der Waals surface area (Å²) in [5.41, 5.74) is -1.64. The number of alkyl halides is 3. The highest BCUT2D eigenvalue weighted by atomic mass is 35.5. The Kier molecular flexibility index (Phi) is 6.66. The van der Waals surface area contributed by atoms with Crippen molar-refractivity contribution < 1.29 is 26.9 Å². The Bertz CT molecular complexity index is 1320. The molecule has 0 aliphatic rings. The van der Waals surface area contributed by atoms with E-state index in [-0.39, 0.29) is 21.4 Å². The van der Waals surface area contributed by atoms with Crippen molar-refractivity contribution in [1.82, 2.24) is 10.2 Å². The van der Waals surface area contributed by atoms with E-state index >= 15 is 0 Å². The Morgan fingerprint density at radius 1 is 1.15 bits per heavy atom. The zero-order valence-electron chi connectivity index (χ0n) is 17.6. The van der Waals surface area contributed by atoms with Gasteiger partial charge in [0.05, 0.1) is 14.8 Å². The van der Waals surface area contributed by atoms with Gasteiger partial charge in [0.25, 0.3) is 11.8 Å². The van der Waals surface area contributed by atoms with Crippen LogP contribution in [0.1, 0.15) is 27.2 Å². The van der Waals surface area contributed by atoms with E-state index in [4.69, 9.17) is 21.1 Å². The van der Waals surface area contributed by atoms with Crippen LogP contribution in [-0.4, -0.2) is 26.6 Å². The minimum absolute atomic E-state index is 0.114. The van der Waals surface area contributed by atoms with Crippen LogP contribution in [0.3, 0.4) is 0 Å². The fraction of sp³-hybridized carbons (Fsp3) is 0.190. The smallest absolute Gasteiger partial charge is 0.435 e. The average Bonchev–Trinajstić information content (AvgIpc) is 2.69. The van der Waals surface area contributed by atoms with Gasteiger partial charge in [0, 0.05) is 16.8 Å². The van der Waals surface area contributed by atoms with Crippen LogP contribution in [0.2, 0.25) is 5.02 Å². The van der Waals surface area contributed by atoms with Crippen LogP contribution in [0.25, 0.3) is 0 Å². The SMILES string of the molecule is Cc1cccc(Cl)c1Oc1nnc(C(F)(F)F)c(C)c1C(=O)Nc1cccc(S(C)(=N)=O)c1. The second-order valence-electron chi connectivity index (χ2n) is 7.17. The molecule has 33 heavy (non-hydrogen) atoms. The van der Waals surface area contributed by atoms with Gasteiger partial charge in [-0.25, -0.2) is 8.99 Å². The van der Waals surface area contributed by atoms with Gasteiger partial charge in [-0.3, -0.25) is 4.79 Å². The highest BCUT2D eigenvalue weighted by Crippen LogP contribution is 2.37. The number of aryl methyl sites for hydroxylation is 1. The van der Waals surface area contributed by atoms with Crippen molar-refractivity contribution in [3.63, 3.8) is 0 Å². The quantitative estimate of drug-likeness (QED) is 0.459. The molecular weight excluding hydrogens is 481 g/mol. The molecule has 1 amide bonds. The molecular formula is C21H18ClF3N4O3S. The minimum atomic E-state index is -4.86. The zero-order chi connectivity index (χ0) is 24.6. The monoisotopic (exact) mass is 498 g/mol. The van der Waals surface area contributed by atoms with Crippen molar-refractivity contribution in [2.45, 2.75) is 24.9 Å². The van der Waals surface area contributed by atoms with E-state index in [1.54, 1.807) is 19.1 Å². The maximum Gasteiger partial charge on any atom is 0.435 e. The molecule has 3 rings (SSSR count). The molecule has 0 spiro atoms. The molecule has 12 heteroatoms.